The lowest BCUT2D eigenvalue weighted by Gasteiger charge is -2.11. The normalized spacial score (nSPS) is 12.5. The fraction of sp³-hybridized carbons (Fsp3) is 0.250. The minimum Gasteiger partial charge on any atom is -0.475 e. The van der Waals surface area contributed by atoms with Gasteiger partial charge in [-0.15, -0.1) is 0 Å². The zero-order valence-corrected chi connectivity index (χ0v) is 10.2. The number of thiophene rings is 1. The Bertz CT molecular complexity index is 490. The Morgan fingerprint density at radius 1 is 1.59 bits per heavy atom. The maximum atomic E-state index is 10.8. The Morgan fingerprint density at radius 3 is 3.06 bits per heavy atom. The minimum atomic E-state index is -1.03. The van der Waals surface area contributed by atoms with E-state index in [4.69, 9.17) is 9.52 Å². The molecule has 0 amide bonds. The van der Waals surface area contributed by atoms with E-state index in [0.717, 1.165) is 0 Å². The van der Waals surface area contributed by atoms with Crippen LogP contribution in [0.15, 0.2) is 33.6 Å². The van der Waals surface area contributed by atoms with Gasteiger partial charge in [-0.1, -0.05) is 0 Å². The van der Waals surface area contributed by atoms with Gasteiger partial charge in [-0.2, -0.15) is 11.3 Å². The summed E-state index contributed by atoms with van der Waals surface area (Å²) in [6, 6.07) is 3.92. The molecule has 0 saturated carbocycles. The molecule has 0 bridgehead atoms. The Kier molecular flexibility index (Phi) is 3.61. The molecular formula is C12H13NO3S. The third kappa shape index (κ3) is 2.75. The van der Waals surface area contributed by atoms with Crippen molar-refractivity contribution in [1.29, 1.82) is 0 Å². The molecular weight excluding hydrogens is 238 g/mol. The molecule has 1 atom stereocenters. The lowest BCUT2D eigenvalue weighted by Crippen LogP contribution is -2.18. The number of aromatic carboxylic acids is 1. The Hall–Kier alpha value is -1.59. The van der Waals surface area contributed by atoms with E-state index in [1.807, 2.05) is 12.3 Å². The van der Waals surface area contributed by atoms with Crippen molar-refractivity contribution in [3.05, 3.63) is 46.0 Å². The molecule has 5 heteroatoms. The number of furan rings is 1. The van der Waals surface area contributed by atoms with Crippen molar-refractivity contribution >= 4 is 17.3 Å². The summed E-state index contributed by atoms with van der Waals surface area (Å²) in [6.07, 6.45) is 1.40. The average Bonchev–Trinajstić information content (AvgIpc) is 2.96. The molecule has 0 radical (unpaired) electrons. The maximum absolute atomic E-state index is 10.8. The van der Waals surface area contributed by atoms with Gasteiger partial charge in [-0.3, -0.25) is 0 Å². The molecule has 2 aromatic heterocycles. The summed E-state index contributed by atoms with van der Waals surface area (Å²) in [5.74, 6) is -1.02. The van der Waals surface area contributed by atoms with Crippen LogP contribution < -0.4 is 5.32 Å². The first-order valence-electron chi connectivity index (χ1n) is 5.23. The Labute approximate surface area is 103 Å². The molecule has 1 unspecified atom stereocenters. The van der Waals surface area contributed by atoms with Crippen molar-refractivity contribution < 1.29 is 14.3 Å². The highest BCUT2D eigenvalue weighted by atomic mass is 32.1. The van der Waals surface area contributed by atoms with Crippen molar-refractivity contribution in [3.63, 3.8) is 0 Å². The van der Waals surface area contributed by atoms with Crippen LogP contribution in [0.2, 0.25) is 0 Å². The number of carbonyl (C=O) groups is 1. The Morgan fingerprint density at radius 2 is 2.41 bits per heavy atom. The summed E-state index contributed by atoms with van der Waals surface area (Å²) in [6.45, 7) is 2.53. The predicted molar refractivity (Wildman–Crippen MR) is 65.2 cm³/mol. The second-order valence-electron chi connectivity index (χ2n) is 3.74. The van der Waals surface area contributed by atoms with Gasteiger partial charge in [0, 0.05) is 18.2 Å². The van der Waals surface area contributed by atoms with Gasteiger partial charge in [0.2, 0.25) is 5.76 Å². The highest BCUT2D eigenvalue weighted by Gasteiger charge is 2.14. The summed E-state index contributed by atoms with van der Waals surface area (Å²) in [7, 11) is 0. The first-order chi connectivity index (χ1) is 8.18. The smallest absolute Gasteiger partial charge is 0.372 e. The van der Waals surface area contributed by atoms with Gasteiger partial charge in [0.05, 0.1) is 6.26 Å². The molecule has 0 spiro atoms. The van der Waals surface area contributed by atoms with Gasteiger partial charge in [0.15, 0.2) is 0 Å². The summed E-state index contributed by atoms with van der Waals surface area (Å²) in [4.78, 5) is 10.8. The molecule has 0 fully saturated rings. The van der Waals surface area contributed by atoms with E-state index in [-0.39, 0.29) is 11.8 Å². The monoisotopic (exact) mass is 251 g/mol. The third-order valence-electron chi connectivity index (χ3n) is 2.58. The van der Waals surface area contributed by atoms with E-state index in [1.54, 1.807) is 17.4 Å². The lowest BCUT2D eigenvalue weighted by atomic mass is 10.1. The fourth-order valence-corrected chi connectivity index (χ4v) is 2.32. The van der Waals surface area contributed by atoms with Gasteiger partial charge in [-0.25, -0.2) is 4.79 Å². The van der Waals surface area contributed by atoms with Crippen LogP contribution >= 0.6 is 11.3 Å². The van der Waals surface area contributed by atoms with E-state index < -0.39 is 5.97 Å². The van der Waals surface area contributed by atoms with Gasteiger partial charge in [0.1, 0.15) is 0 Å². The zero-order chi connectivity index (χ0) is 12.3. The Balaban J connectivity index is 1.98. The molecule has 17 heavy (non-hydrogen) atoms. The molecule has 90 valence electrons. The average molecular weight is 251 g/mol. The fourth-order valence-electron chi connectivity index (χ4n) is 1.56. The summed E-state index contributed by atoms with van der Waals surface area (Å²) in [5.41, 5.74) is 1.87. The van der Waals surface area contributed by atoms with E-state index in [0.29, 0.717) is 12.1 Å². The van der Waals surface area contributed by atoms with Crippen molar-refractivity contribution in [1.82, 2.24) is 5.32 Å². The van der Waals surface area contributed by atoms with Gasteiger partial charge >= 0.3 is 5.97 Å². The topological polar surface area (TPSA) is 62.5 Å². The molecule has 0 aliphatic heterocycles. The molecule has 2 rings (SSSR count). The number of carboxylic acids is 1. The standard InChI is InChI=1S/C12H13NO3S/c1-8(10-3-5-17-7-10)13-6-9-2-4-16-11(9)12(14)15/h2-5,7-8,13H,6H2,1H3,(H,14,15). The van der Waals surface area contributed by atoms with E-state index >= 15 is 0 Å². The van der Waals surface area contributed by atoms with Crippen LogP contribution in [-0.4, -0.2) is 11.1 Å². The zero-order valence-electron chi connectivity index (χ0n) is 9.34. The number of hydrogen-bond acceptors (Lipinski definition) is 4. The van der Waals surface area contributed by atoms with Crippen LogP contribution in [0.5, 0.6) is 0 Å². The number of carboxylic acid groups (broad SMARTS) is 1. The SMILES string of the molecule is CC(NCc1ccoc1C(=O)O)c1ccsc1. The highest BCUT2D eigenvalue weighted by molar-refractivity contribution is 7.07. The van der Waals surface area contributed by atoms with E-state index in [9.17, 15) is 4.79 Å². The second-order valence-corrected chi connectivity index (χ2v) is 4.52. The molecule has 0 aliphatic rings. The van der Waals surface area contributed by atoms with Crippen molar-refractivity contribution in [2.45, 2.75) is 19.5 Å². The summed E-state index contributed by atoms with van der Waals surface area (Å²) in [5, 5.41) is 16.2. The summed E-state index contributed by atoms with van der Waals surface area (Å²) < 4.78 is 4.91. The number of nitrogens with one attached hydrogen (secondary N) is 1. The number of rotatable bonds is 5. The maximum Gasteiger partial charge on any atom is 0.372 e. The van der Waals surface area contributed by atoms with E-state index in [1.165, 1.54) is 11.8 Å². The van der Waals surface area contributed by atoms with Crippen molar-refractivity contribution in [3.8, 4) is 0 Å². The number of hydrogen-bond donors (Lipinski definition) is 2. The molecule has 4 nitrogen and oxygen atoms in total. The first kappa shape index (κ1) is 11.9. The quantitative estimate of drug-likeness (QED) is 0.857. The molecule has 0 aliphatic carbocycles. The predicted octanol–water partition coefficient (Wildman–Crippen LogP) is 2.89. The molecule has 0 saturated heterocycles. The largest absolute Gasteiger partial charge is 0.475 e. The summed E-state index contributed by atoms with van der Waals surface area (Å²) >= 11 is 1.65. The van der Waals surface area contributed by atoms with E-state index in [2.05, 4.69) is 16.8 Å². The van der Waals surface area contributed by atoms with Crippen LogP contribution in [0.4, 0.5) is 0 Å². The van der Waals surface area contributed by atoms with Crippen LogP contribution in [0.3, 0.4) is 0 Å². The van der Waals surface area contributed by atoms with Crippen molar-refractivity contribution in [2.24, 2.45) is 0 Å². The van der Waals surface area contributed by atoms with Crippen LogP contribution in [0.25, 0.3) is 0 Å². The van der Waals surface area contributed by atoms with Crippen LogP contribution in [-0.2, 0) is 6.54 Å². The molecule has 2 heterocycles. The molecule has 2 aromatic rings. The molecule has 0 aromatic carbocycles. The minimum absolute atomic E-state index is 0.00928. The third-order valence-corrected chi connectivity index (χ3v) is 3.28. The molecule has 2 N–H and O–H groups in total. The second kappa shape index (κ2) is 5.16. The van der Waals surface area contributed by atoms with Crippen molar-refractivity contribution in [2.75, 3.05) is 0 Å². The van der Waals surface area contributed by atoms with Gasteiger partial charge < -0.3 is 14.8 Å². The van der Waals surface area contributed by atoms with Gasteiger partial charge in [0.25, 0.3) is 0 Å². The highest BCUT2D eigenvalue weighted by Crippen LogP contribution is 2.17. The first-order valence-corrected chi connectivity index (χ1v) is 6.18. The van der Waals surface area contributed by atoms with Crippen LogP contribution in [0, 0.1) is 0 Å². The lowest BCUT2D eigenvalue weighted by molar-refractivity contribution is 0.0660. The van der Waals surface area contributed by atoms with Gasteiger partial charge in [-0.05, 0) is 35.4 Å². The van der Waals surface area contributed by atoms with Crippen LogP contribution in [0.1, 0.15) is 34.6 Å².